The van der Waals surface area contributed by atoms with Crippen molar-refractivity contribution in [3.63, 3.8) is 0 Å². The first-order valence-corrected chi connectivity index (χ1v) is 5.77. The minimum Gasteiger partial charge on any atom is -0.377 e. The highest BCUT2D eigenvalue weighted by molar-refractivity contribution is 5.76. The largest absolute Gasteiger partial charge is 0.377 e. The predicted molar refractivity (Wildman–Crippen MR) is 76.1 cm³/mol. The summed E-state index contributed by atoms with van der Waals surface area (Å²) < 4.78 is 0. The molecule has 0 saturated heterocycles. The van der Waals surface area contributed by atoms with Crippen molar-refractivity contribution in [1.82, 2.24) is 0 Å². The summed E-state index contributed by atoms with van der Waals surface area (Å²) in [6.07, 6.45) is 4.30. The number of anilines is 1. The lowest BCUT2D eigenvalue weighted by molar-refractivity contribution is 1.13. The van der Waals surface area contributed by atoms with Crippen molar-refractivity contribution < 1.29 is 0 Å². The molecule has 0 aliphatic carbocycles. The minimum atomic E-state index is 1.22. The fraction of sp³-hybridized carbons (Fsp3) is 0.125. The number of benzene rings is 2. The van der Waals surface area contributed by atoms with Gasteiger partial charge in [-0.25, -0.2) is 0 Å². The minimum absolute atomic E-state index is 1.22. The third-order valence-electron chi connectivity index (χ3n) is 2.67. The predicted octanol–water partition coefficient (Wildman–Crippen LogP) is 3.92. The molecule has 0 heterocycles. The zero-order chi connectivity index (χ0) is 12.1. The van der Waals surface area contributed by atoms with Crippen LogP contribution < -0.4 is 4.90 Å². The van der Waals surface area contributed by atoms with Crippen molar-refractivity contribution in [2.45, 2.75) is 0 Å². The molecule has 0 aromatic heterocycles. The summed E-state index contributed by atoms with van der Waals surface area (Å²) in [4.78, 5) is 2.13. The first-order valence-electron chi connectivity index (χ1n) is 5.77. The van der Waals surface area contributed by atoms with Crippen LogP contribution >= 0.6 is 0 Å². The van der Waals surface area contributed by atoms with E-state index in [2.05, 4.69) is 79.7 Å². The topological polar surface area (TPSA) is 3.24 Å². The molecule has 0 unspecified atom stereocenters. The first kappa shape index (κ1) is 11.5. The van der Waals surface area contributed by atoms with Crippen LogP contribution in [0.3, 0.4) is 0 Å². The molecular formula is C16H17N. The van der Waals surface area contributed by atoms with Gasteiger partial charge in [-0.15, -0.1) is 0 Å². The van der Waals surface area contributed by atoms with Crippen LogP contribution in [0.2, 0.25) is 0 Å². The van der Waals surface area contributed by atoms with Crippen molar-refractivity contribution in [1.29, 1.82) is 0 Å². The van der Waals surface area contributed by atoms with E-state index in [1.807, 2.05) is 6.07 Å². The number of hydrogen-bond donors (Lipinski definition) is 0. The van der Waals surface area contributed by atoms with Gasteiger partial charge in [0.1, 0.15) is 0 Å². The summed E-state index contributed by atoms with van der Waals surface area (Å²) in [5.41, 5.74) is 3.70. The summed E-state index contributed by atoms with van der Waals surface area (Å²) in [5, 5.41) is 0. The smallest absolute Gasteiger partial charge is 0.0434 e. The third-order valence-corrected chi connectivity index (χ3v) is 2.67. The summed E-state index contributed by atoms with van der Waals surface area (Å²) in [7, 11) is 4.13. The van der Waals surface area contributed by atoms with Crippen molar-refractivity contribution in [3.8, 4) is 0 Å². The van der Waals surface area contributed by atoms with Gasteiger partial charge >= 0.3 is 0 Å². The molecule has 1 nitrogen and oxygen atoms in total. The van der Waals surface area contributed by atoms with Crippen LogP contribution in [0.25, 0.3) is 12.2 Å². The van der Waals surface area contributed by atoms with Crippen molar-refractivity contribution in [3.05, 3.63) is 65.7 Å². The Hall–Kier alpha value is -2.02. The molecule has 0 fully saturated rings. The van der Waals surface area contributed by atoms with Crippen LogP contribution in [0.4, 0.5) is 5.69 Å². The molecule has 0 spiro atoms. The second kappa shape index (κ2) is 5.35. The average molecular weight is 223 g/mol. The summed E-state index contributed by atoms with van der Waals surface area (Å²) in [6, 6.07) is 18.7. The number of para-hydroxylation sites is 1. The summed E-state index contributed by atoms with van der Waals surface area (Å²) in [6.45, 7) is 0. The molecule has 0 aliphatic rings. The van der Waals surface area contributed by atoms with E-state index in [0.717, 1.165) is 0 Å². The monoisotopic (exact) mass is 223 g/mol. The van der Waals surface area contributed by atoms with Gasteiger partial charge in [0.2, 0.25) is 0 Å². The Bertz CT molecular complexity index is 498. The van der Waals surface area contributed by atoms with Crippen LogP contribution in [-0.2, 0) is 0 Å². The average Bonchev–Trinajstić information content (AvgIpc) is 2.38. The van der Waals surface area contributed by atoms with Gasteiger partial charge in [0.15, 0.2) is 0 Å². The van der Waals surface area contributed by atoms with E-state index in [4.69, 9.17) is 0 Å². The molecule has 0 atom stereocenters. The Kier molecular flexibility index (Phi) is 3.61. The summed E-state index contributed by atoms with van der Waals surface area (Å²) >= 11 is 0. The Morgan fingerprint density at radius 2 is 1.41 bits per heavy atom. The molecule has 86 valence electrons. The molecule has 1 heteroatoms. The summed E-state index contributed by atoms with van der Waals surface area (Å²) in [5.74, 6) is 0. The molecule has 0 radical (unpaired) electrons. The van der Waals surface area contributed by atoms with Gasteiger partial charge < -0.3 is 4.90 Å². The SMILES string of the molecule is CN(C)c1ccccc1/C=C\c1ccccc1. The highest BCUT2D eigenvalue weighted by atomic mass is 15.1. The van der Waals surface area contributed by atoms with Gasteiger partial charge in [-0.2, -0.15) is 0 Å². The van der Waals surface area contributed by atoms with E-state index in [1.165, 1.54) is 16.8 Å². The van der Waals surface area contributed by atoms with E-state index in [9.17, 15) is 0 Å². The van der Waals surface area contributed by atoms with E-state index < -0.39 is 0 Å². The maximum absolute atomic E-state index is 2.16. The van der Waals surface area contributed by atoms with Crippen molar-refractivity contribution >= 4 is 17.8 Å². The molecule has 0 bridgehead atoms. The fourth-order valence-corrected chi connectivity index (χ4v) is 1.79. The highest BCUT2D eigenvalue weighted by Crippen LogP contribution is 2.20. The lowest BCUT2D eigenvalue weighted by atomic mass is 10.1. The molecule has 0 saturated carbocycles. The Morgan fingerprint density at radius 3 is 2.12 bits per heavy atom. The Balaban J connectivity index is 2.27. The molecule has 0 amide bonds. The van der Waals surface area contributed by atoms with Crippen LogP contribution in [0.15, 0.2) is 54.6 Å². The normalized spacial score (nSPS) is 10.7. The van der Waals surface area contributed by atoms with Crippen LogP contribution in [0, 0.1) is 0 Å². The van der Waals surface area contributed by atoms with Gasteiger partial charge in [0, 0.05) is 19.8 Å². The molecule has 2 rings (SSSR count). The number of rotatable bonds is 3. The fourth-order valence-electron chi connectivity index (χ4n) is 1.79. The molecule has 0 N–H and O–H groups in total. The second-order valence-electron chi connectivity index (χ2n) is 4.20. The van der Waals surface area contributed by atoms with E-state index in [-0.39, 0.29) is 0 Å². The lowest BCUT2D eigenvalue weighted by Crippen LogP contribution is -2.09. The Morgan fingerprint density at radius 1 is 0.765 bits per heavy atom. The standard InChI is InChI=1S/C16H17N/c1-17(2)16-11-7-6-10-15(16)13-12-14-8-4-3-5-9-14/h3-13H,1-2H3/b13-12-. The maximum Gasteiger partial charge on any atom is 0.0434 e. The quantitative estimate of drug-likeness (QED) is 0.713. The molecular weight excluding hydrogens is 206 g/mol. The second-order valence-corrected chi connectivity index (χ2v) is 4.20. The van der Waals surface area contributed by atoms with Gasteiger partial charge in [-0.3, -0.25) is 0 Å². The maximum atomic E-state index is 2.16. The van der Waals surface area contributed by atoms with E-state index in [0.29, 0.717) is 0 Å². The van der Waals surface area contributed by atoms with Crippen molar-refractivity contribution in [2.24, 2.45) is 0 Å². The van der Waals surface area contributed by atoms with Gasteiger partial charge in [-0.1, -0.05) is 60.7 Å². The van der Waals surface area contributed by atoms with E-state index >= 15 is 0 Å². The van der Waals surface area contributed by atoms with Crippen LogP contribution in [0.1, 0.15) is 11.1 Å². The van der Waals surface area contributed by atoms with Crippen LogP contribution in [0.5, 0.6) is 0 Å². The van der Waals surface area contributed by atoms with Gasteiger partial charge in [0.25, 0.3) is 0 Å². The number of nitrogens with zero attached hydrogens (tertiary/aromatic N) is 1. The molecule has 17 heavy (non-hydrogen) atoms. The van der Waals surface area contributed by atoms with Gasteiger partial charge in [0.05, 0.1) is 0 Å². The van der Waals surface area contributed by atoms with Crippen molar-refractivity contribution in [2.75, 3.05) is 19.0 Å². The molecule has 2 aromatic carbocycles. The third kappa shape index (κ3) is 2.97. The van der Waals surface area contributed by atoms with Gasteiger partial charge in [-0.05, 0) is 17.2 Å². The molecule has 0 aliphatic heterocycles. The zero-order valence-electron chi connectivity index (χ0n) is 10.3. The van der Waals surface area contributed by atoms with Crippen LogP contribution in [-0.4, -0.2) is 14.1 Å². The Labute approximate surface area is 103 Å². The zero-order valence-corrected chi connectivity index (χ0v) is 10.3. The molecule has 2 aromatic rings. The highest BCUT2D eigenvalue weighted by Gasteiger charge is 1.99. The lowest BCUT2D eigenvalue weighted by Gasteiger charge is -2.15. The number of hydrogen-bond acceptors (Lipinski definition) is 1. The van der Waals surface area contributed by atoms with E-state index in [1.54, 1.807) is 0 Å². The first-order chi connectivity index (χ1) is 8.27.